The van der Waals surface area contributed by atoms with E-state index in [1.54, 1.807) is 0 Å². The minimum Gasteiger partial charge on any atom is -0.343 e. The van der Waals surface area contributed by atoms with Crippen LogP contribution in [0.5, 0.6) is 0 Å². The molecule has 2 aromatic rings. The fourth-order valence-corrected chi connectivity index (χ4v) is 5.03. The highest BCUT2D eigenvalue weighted by Gasteiger charge is 2.41. The van der Waals surface area contributed by atoms with Crippen molar-refractivity contribution in [3.63, 3.8) is 0 Å². The number of benzene rings is 2. The molecule has 2 aliphatic rings. The van der Waals surface area contributed by atoms with Crippen LogP contribution in [-0.4, -0.2) is 17.3 Å². The molecule has 2 nitrogen and oxygen atoms in total. The number of hydrogen-bond acceptors (Lipinski definition) is 2. The molecule has 4 rings (SSSR count). The quantitative estimate of drug-likeness (QED) is 0.827. The van der Waals surface area contributed by atoms with E-state index in [1.165, 1.54) is 52.6 Å². The number of anilines is 1. The van der Waals surface area contributed by atoms with E-state index in [-0.39, 0.29) is 5.41 Å². The number of nitrogens with zero attached hydrogens (tertiary/aromatic N) is 1. The first-order chi connectivity index (χ1) is 11.8. The molecule has 0 aliphatic carbocycles. The van der Waals surface area contributed by atoms with Crippen LogP contribution in [0, 0.1) is 12.3 Å². The van der Waals surface area contributed by atoms with Crippen molar-refractivity contribution in [2.75, 3.05) is 16.8 Å². The van der Waals surface area contributed by atoms with Crippen LogP contribution in [0.2, 0.25) is 0 Å². The summed E-state index contributed by atoms with van der Waals surface area (Å²) in [5, 5.41) is 3.68. The van der Waals surface area contributed by atoms with Gasteiger partial charge in [-0.3, -0.25) is 4.99 Å². The van der Waals surface area contributed by atoms with Crippen molar-refractivity contribution in [3.8, 4) is 0 Å². The molecule has 124 valence electrons. The lowest BCUT2D eigenvalue weighted by atomic mass is 9.73. The van der Waals surface area contributed by atoms with Gasteiger partial charge in [-0.05, 0) is 54.9 Å². The second kappa shape index (κ2) is 6.64. The molecule has 0 unspecified atom stereocenters. The predicted molar refractivity (Wildman–Crippen MR) is 105 cm³/mol. The van der Waals surface area contributed by atoms with Gasteiger partial charge in [0, 0.05) is 11.1 Å². The Bertz CT molecular complexity index is 743. The summed E-state index contributed by atoms with van der Waals surface area (Å²) < 4.78 is 0. The molecular weight excluding hydrogens is 312 g/mol. The third-order valence-electron chi connectivity index (χ3n) is 5.29. The number of amidine groups is 1. The van der Waals surface area contributed by atoms with E-state index in [2.05, 4.69) is 72.5 Å². The Morgan fingerprint density at radius 2 is 1.79 bits per heavy atom. The van der Waals surface area contributed by atoms with E-state index in [0.717, 1.165) is 13.0 Å². The summed E-state index contributed by atoms with van der Waals surface area (Å²) in [7, 11) is 0. The van der Waals surface area contributed by atoms with Crippen molar-refractivity contribution < 1.29 is 0 Å². The summed E-state index contributed by atoms with van der Waals surface area (Å²) >= 11 is 2.08. The number of rotatable bonds is 2. The van der Waals surface area contributed by atoms with Gasteiger partial charge in [0.15, 0.2) is 0 Å². The van der Waals surface area contributed by atoms with Gasteiger partial charge in [-0.15, -0.1) is 0 Å². The molecule has 0 atom stereocenters. The van der Waals surface area contributed by atoms with Crippen molar-refractivity contribution >= 4 is 23.3 Å². The third kappa shape index (κ3) is 3.10. The zero-order valence-corrected chi connectivity index (χ0v) is 15.0. The van der Waals surface area contributed by atoms with E-state index in [1.807, 2.05) is 0 Å². The molecule has 0 amide bonds. The molecule has 0 bridgehead atoms. The minimum atomic E-state index is 0.213. The summed E-state index contributed by atoms with van der Waals surface area (Å²) in [6, 6.07) is 17.4. The minimum absolute atomic E-state index is 0.213. The normalized spacial score (nSPS) is 20.6. The largest absolute Gasteiger partial charge is 0.343 e. The molecule has 1 fully saturated rings. The first-order valence-corrected chi connectivity index (χ1v) is 9.94. The fourth-order valence-electron chi connectivity index (χ4n) is 3.75. The Morgan fingerprint density at radius 1 is 1.04 bits per heavy atom. The lowest BCUT2D eigenvalue weighted by Crippen LogP contribution is -2.44. The zero-order valence-electron chi connectivity index (χ0n) is 14.2. The van der Waals surface area contributed by atoms with Crippen molar-refractivity contribution in [1.29, 1.82) is 0 Å². The predicted octanol–water partition coefficient (Wildman–Crippen LogP) is 5.08. The number of aryl methyl sites for hydroxylation is 1. The molecule has 1 spiro atoms. The molecule has 1 saturated heterocycles. The molecule has 3 heteroatoms. The Balaban J connectivity index is 1.65. The highest BCUT2D eigenvalue weighted by atomic mass is 32.2. The van der Waals surface area contributed by atoms with E-state index in [4.69, 9.17) is 4.99 Å². The SMILES string of the molecule is Cc1ccc(CN=C2Nc3ccccc3CC23CCSCC3)cc1. The maximum absolute atomic E-state index is 5.06. The number of nitrogens with one attached hydrogen (secondary N) is 1. The summed E-state index contributed by atoms with van der Waals surface area (Å²) in [6.45, 7) is 2.89. The van der Waals surface area contributed by atoms with Crippen LogP contribution in [-0.2, 0) is 13.0 Å². The van der Waals surface area contributed by atoms with Crippen LogP contribution in [0.15, 0.2) is 53.5 Å². The second-order valence-electron chi connectivity index (χ2n) is 7.00. The summed E-state index contributed by atoms with van der Waals surface area (Å²) in [5.74, 6) is 3.70. The average molecular weight is 337 g/mol. The Morgan fingerprint density at radius 3 is 2.58 bits per heavy atom. The van der Waals surface area contributed by atoms with Crippen molar-refractivity contribution in [2.24, 2.45) is 10.4 Å². The molecule has 0 radical (unpaired) electrons. The molecule has 2 aromatic carbocycles. The number of aliphatic imine (C=N–C) groups is 1. The Hall–Kier alpha value is -1.74. The highest BCUT2D eigenvalue weighted by Crippen LogP contribution is 2.44. The summed E-state index contributed by atoms with van der Waals surface area (Å²) in [6.07, 6.45) is 3.58. The van der Waals surface area contributed by atoms with Crippen LogP contribution < -0.4 is 5.32 Å². The van der Waals surface area contributed by atoms with Gasteiger partial charge in [0.05, 0.1) is 6.54 Å². The lowest BCUT2D eigenvalue weighted by molar-refractivity contribution is 0.377. The van der Waals surface area contributed by atoms with Crippen LogP contribution in [0.25, 0.3) is 0 Å². The number of thioether (sulfide) groups is 1. The van der Waals surface area contributed by atoms with Crippen LogP contribution in [0.4, 0.5) is 5.69 Å². The van der Waals surface area contributed by atoms with Gasteiger partial charge in [0.1, 0.15) is 5.84 Å². The van der Waals surface area contributed by atoms with E-state index >= 15 is 0 Å². The number of hydrogen-bond donors (Lipinski definition) is 1. The zero-order chi connectivity index (χ0) is 16.4. The summed E-state index contributed by atoms with van der Waals surface area (Å²) in [4.78, 5) is 5.06. The standard InChI is InChI=1S/C21H24N2S/c1-16-6-8-17(9-7-16)15-22-20-21(10-12-24-13-11-21)14-18-4-2-3-5-19(18)23-20/h2-9H,10-15H2,1H3,(H,22,23). The van der Waals surface area contributed by atoms with Gasteiger partial charge in [-0.2, -0.15) is 11.8 Å². The Labute approximate surface area is 148 Å². The van der Waals surface area contributed by atoms with E-state index in [9.17, 15) is 0 Å². The lowest BCUT2D eigenvalue weighted by Gasteiger charge is -2.42. The molecule has 0 aromatic heterocycles. The average Bonchev–Trinajstić information content (AvgIpc) is 2.62. The topological polar surface area (TPSA) is 24.4 Å². The molecule has 0 saturated carbocycles. The van der Waals surface area contributed by atoms with Crippen molar-refractivity contribution in [3.05, 3.63) is 65.2 Å². The molecular formula is C21H24N2S. The van der Waals surface area contributed by atoms with Gasteiger partial charge < -0.3 is 5.32 Å². The number of para-hydroxylation sites is 1. The second-order valence-corrected chi connectivity index (χ2v) is 8.23. The van der Waals surface area contributed by atoms with Gasteiger partial charge in [-0.1, -0.05) is 48.0 Å². The smallest absolute Gasteiger partial charge is 0.108 e. The monoisotopic (exact) mass is 336 g/mol. The molecule has 2 heterocycles. The molecule has 1 N–H and O–H groups in total. The molecule has 24 heavy (non-hydrogen) atoms. The molecule has 2 aliphatic heterocycles. The first kappa shape index (κ1) is 15.8. The number of fused-ring (bicyclic) bond motifs is 1. The summed E-state index contributed by atoms with van der Waals surface area (Å²) in [5.41, 5.74) is 5.48. The van der Waals surface area contributed by atoms with Crippen LogP contribution in [0.1, 0.15) is 29.5 Å². The van der Waals surface area contributed by atoms with Crippen LogP contribution in [0.3, 0.4) is 0 Å². The van der Waals surface area contributed by atoms with Gasteiger partial charge >= 0.3 is 0 Å². The van der Waals surface area contributed by atoms with Crippen molar-refractivity contribution in [1.82, 2.24) is 0 Å². The third-order valence-corrected chi connectivity index (χ3v) is 6.28. The van der Waals surface area contributed by atoms with Crippen molar-refractivity contribution in [2.45, 2.75) is 32.7 Å². The maximum Gasteiger partial charge on any atom is 0.108 e. The van der Waals surface area contributed by atoms with Gasteiger partial charge in [0.2, 0.25) is 0 Å². The van der Waals surface area contributed by atoms with Crippen LogP contribution >= 0.6 is 11.8 Å². The van der Waals surface area contributed by atoms with E-state index < -0.39 is 0 Å². The first-order valence-electron chi connectivity index (χ1n) is 8.78. The van der Waals surface area contributed by atoms with Gasteiger partial charge in [0.25, 0.3) is 0 Å². The fraction of sp³-hybridized carbons (Fsp3) is 0.381. The highest BCUT2D eigenvalue weighted by molar-refractivity contribution is 7.99. The maximum atomic E-state index is 5.06. The van der Waals surface area contributed by atoms with E-state index in [0.29, 0.717) is 0 Å². The van der Waals surface area contributed by atoms with Gasteiger partial charge in [-0.25, -0.2) is 0 Å². The Kier molecular flexibility index (Phi) is 4.36.